The molecule has 0 bridgehead atoms. The van der Waals surface area contributed by atoms with Gasteiger partial charge in [-0.3, -0.25) is 4.79 Å². The third kappa shape index (κ3) is 3.45. The van der Waals surface area contributed by atoms with Gasteiger partial charge >= 0.3 is 0 Å². The Labute approximate surface area is 119 Å². The van der Waals surface area contributed by atoms with Crippen LogP contribution in [0.2, 0.25) is 0 Å². The van der Waals surface area contributed by atoms with Crippen LogP contribution in [0.25, 0.3) is 0 Å². The highest BCUT2D eigenvalue weighted by Crippen LogP contribution is 2.28. The van der Waals surface area contributed by atoms with E-state index in [1.807, 2.05) is 0 Å². The summed E-state index contributed by atoms with van der Waals surface area (Å²) in [6.07, 6.45) is 0.805. The molecule has 1 saturated heterocycles. The fraction of sp³-hybridized carbons (Fsp3) is 0.500. The molecule has 1 fully saturated rings. The maximum absolute atomic E-state index is 12.8. The Morgan fingerprint density at radius 2 is 1.95 bits per heavy atom. The maximum Gasteiger partial charge on any atom is 0.253 e. The van der Waals surface area contributed by atoms with E-state index in [0.29, 0.717) is 18.7 Å². The Balaban J connectivity index is 0.00000180. The summed E-state index contributed by atoms with van der Waals surface area (Å²) < 4.78 is 12.8. The Morgan fingerprint density at radius 3 is 2.47 bits per heavy atom. The van der Waals surface area contributed by atoms with Gasteiger partial charge in [0, 0.05) is 24.7 Å². The fourth-order valence-corrected chi connectivity index (χ4v) is 2.32. The Kier molecular flexibility index (Phi) is 4.93. The van der Waals surface area contributed by atoms with Crippen molar-refractivity contribution in [2.75, 3.05) is 13.1 Å². The van der Waals surface area contributed by atoms with Gasteiger partial charge in [-0.2, -0.15) is 0 Å². The predicted octanol–water partition coefficient (Wildman–Crippen LogP) is 2.45. The summed E-state index contributed by atoms with van der Waals surface area (Å²) in [6, 6.07) is 5.80. The highest BCUT2D eigenvalue weighted by molar-refractivity contribution is 5.94. The lowest BCUT2D eigenvalue weighted by Crippen LogP contribution is -2.53. The van der Waals surface area contributed by atoms with E-state index >= 15 is 0 Å². The summed E-state index contributed by atoms with van der Waals surface area (Å²) in [6.45, 7) is 5.45. The topological polar surface area (TPSA) is 46.3 Å². The van der Waals surface area contributed by atoms with Crippen molar-refractivity contribution >= 4 is 18.3 Å². The van der Waals surface area contributed by atoms with Gasteiger partial charge in [0.1, 0.15) is 5.82 Å². The normalized spacial score (nSPS) is 21.7. The fourth-order valence-electron chi connectivity index (χ4n) is 2.32. The number of hydrogen-bond acceptors (Lipinski definition) is 2. The number of likely N-dealkylation sites (tertiary alicyclic amines) is 1. The first-order valence-corrected chi connectivity index (χ1v) is 6.20. The number of benzene rings is 1. The number of amides is 1. The molecule has 2 N–H and O–H groups in total. The van der Waals surface area contributed by atoms with Gasteiger partial charge in [0.2, 0.25) is 0 Å². The number of carbonyl (C=O) groups is 1. The third-order valence-electron chi connectivity index (χ3n) is 3.69. The number of nitrogens with two attached hydrogens (primary N) is 1. The molecule has 1 unspecified atom stereocenters. The lowest BCUT2D eigenvalue weighted by molar-refractivity contribution is 0.0533. The highest BCUT2D eigenvalue weighted by Gasteiger charge is 2.35. The van der Waals surface area contributed by atoms with Gasteiger partial charge in [-0.25, -0.2) is 4.39 Å². The van der Waals surface area contributed by atoms with Crippen LogP contribution < -0.4 is 5.73 Å². The van der Waals surface area contributed by atoms with Gasteiger partial charge in [-0.15, -0.1) is 12.4 Å². The van der Waals surface area contributed by atoms with E-state index in [1.54, 1.807) is 4.90 Å². The van der Waals surface area contributed by atoms with Gasteiger partial charge in [-0.1, -0.05) is 13.8 Å². The van der Waals surface area contributed by atoms with Crippen LogP contribution in [-0.4, -0.2) is 29.9 Å². The standard InChI is InChI=1S/C14H19FN2O.ClH/c1-14(2)9-17(8-7-12(14)16)13(18)10-3-5-11(15)6-4-10;/h3-6,12H,7-9,16H2,1-2H3;1H. The van der Waals surface area contributed by atoms with Crippen molar-refractivity contribution in [3.63, 3.8) is 0 Å². The molecule has 0 spiro atoms. The minimum Gasteiger partial charge on any atom is -0.338 e. The third-order valence-corrected chi connectivity index (χ3v) is 3.69. The second kappa shape index (κ2) is 5.88. The van der Waals surface area contributed by atoms with Crippen LogP contribution in [0.15, 0.2) is 24.3 Å². The first-order chi connectivity index (χ1) is 8.40. The zero-order valence-electron chi connectivity index (χ0n) is 11.2. The molecular weight excluding hydrogens is 267 g/mol. The number of piperidine rings is 1. The van der Waals surface area contributed by atoms with Crippen LogP contribution in [0.5, 0.6) is 0 Å². The van der Waals surface area contributed by atoms with Crippen molar-refractivity contribution in [2.24, 2.45) is 11.1 Å². The first-order valence-electron chi connectivity index (χ1n) is 6.20. The van der Waals surface area contributed by atoms with Gasteiger partial charge < -0.3 is 10.6 Å². The second-order valence-corrected chi connectivity index (χ2v) is 5.62. The van der Waals surface area contributed by atoms with E-state index in [-0.39, 0.29) is 35.6 Å². The van der Waals surface area contributed by atoms with Crippen LogP contribution in [-0.2, 0) is 0 Å². The molecule has 1 aliphatic heterocycles. The van der Waals surface area contributed by atoms with E-state index in [9.17, 15) is 9.18 Å². The summed E-state index contributed by atoms with van der Waals surface area (Å²) in [5.74, 6) is -0.373. The van der Waals surface area contributed by atoms with E-state index in [1.165, 1.54) is 24.3 Å². The molecular formula is C14H20ClFN2O. The van der Waals surface area contributed by atoms with Crippen LogP contribution in [0, 0.1) is 11.2 Å². The van der Waals surface area contributed by atoms with Crippen LogP contribution in [0.1, 0.15) is 30.6 Å². The molecule has 19 heavy (non-hydrogen) atoms. The quantitative estimate of drug-likeness (QED) is 0.862. The van der Waals surface area contributed by atoms with Crippen molar-refractivity contribution in [3.05, 3.63) is 35.6 Å². The molecule has 106 valence electrons. The van der Waals surface area contributed by atoms with Crippen molar-refractivity contribution in [2.45, 2.75) is 26.3 Å². The molecule has 1 amide bonds. The van der Waals surface area contributed by atoms with Crippen LogP contribution >= 0.6 is 12.4 Å². The van der Waals surface area contributed by atoms with Crippen molar-refractivity contribution in [1.29, 1.82) is 0 Å². The van der Waals surface area contributed by atoms with Gasteiger partial charge in [0.25, 0.3) is 5.91 Å². The Morgan fingerprint density at radius 1 is 1.37 bits per heavy atom. The molecule has 5 heteroatoms. The minimum absolute atomic E-state index is 0. The average molecular weight is 287 g/mol. The van der Waals surface area contributed by atoms with Gasteiger partial charge in [0.05, 0.1) is 0 Å². The van der Waals surface area contributed by atoms with Crippen molar-refractivity contribution in [3.8, 4) is 0 Å². The van der Waals surface area contributed by atoms with Crippen molar-refractivity contribution < 1.29 is 9.18 Å². The summed E-state index contributed by atoms with van der Waals surface area (Å²) in [7, 11) is 0. The minimum atomic E-state index is -0.326. The molecule has 0 radical (unpaired) electrons. The molecule has 0 aliphatic carbocycles. The summed E-state index contributed by atoms with van der Waals surface area (Å²) in [5.41, 5.74) is 6.50. The number of hydrogen-bond donors (Lipinski definition) is 1. The number of rotatable bonds is 1. The predicted molar refractivity (Wildman–Crippen MR) is 75.9 cm³/mol. The number of halogens is 2. The van der Waals surface area contributed by atoms with Crippen LogP contribution in [0.4, 0.5) is 4.39 Å². The Hall–Kier alpha value is -1.13. The lowest BCUT2D eigenvalue weighted by Gasteiger charge is -2.42. The summed E-state index contributed by atoms with van der Waals surface area (Å²) >= 11 is 0. The van der Waals surface area contributed by atoms with E-state index in [2.05, 4.69) is 13.8 Å². The lowest BCUT2D eigenvalue weighted by atomic mass is 9.79. The maximum atomic E-state index is 12.8. The SMILES string of the molecule is CC1(C)CN(C(=O)c2ccc(F)cc2)CCC1N.Cl. The molecule has 1 aromatic carbocycles. The van der Waals surface area contributed by atoms with Crippen molar-refractivity contribution in [1.82, 2.24) is 4.90 Å². The molecule has 0 aromatic heterocycles. The monoisotopic (exact) mass is 286 g/mol. The van der Waals surface area contributed by atoms with E-state index in [4.69, 9.17) is 5.73 Å². The largest absolute Gasteiger partial charge is 0.338 e. The number of nitrogens with zero attached hydrogens (tertiary/aromatic N) is 1. The summed E-state index contributed by atoms with van der Waals surface area (Å²) in [4.78, 5) is 14.1. The molecule has 2 rings (SSSR count). The van der Waals surface area contributed by atoms with E-state index < -0.39 is 0 Å². The molecule has 1 aromatic rings. The number of carbonyl (C=O) groups excluding carboxylic acids is 1. The van der Waals surface area contributed by atoms with E-state index in [0.717, 1.165) is 6.42 Å². The molecule has 1 heterocycles. The average Bonchev–Trinajstić information content (AvgIpc) is 2.33. The first kappa shape index (κ1) is 15.9. The smallest absolute Gasteiger partial charge is 0.253 e. The molecule has 1 aliphatic rings. The zero-order valence-corrected chi connectivity index (χ0v) is 12.0. The summed E-state index contributed by atoms with van der Waals surface area (Å²) in [5, 5.41) is 0. The zero-order chi connectivity index (χ0) is 13.3. The molecule has 0 saturated carbocycles. The molecule has 3 nitrogen and oxygen atoms in total. The molecule has 1 atom stereocenters. The van der Waals surface area contributed by atoms with Crippen LogP contribution in [0.3, 0.4) is 0 Å². The van der Waals surface area contributed by atoms with Gasteiger partial charge in [-0.05, 0) is 36.1 Å². The highest BCUT2D eigenvalue weighted by atomic mass is 35.5. The van der Waals surface area contributed by atoms with Gasteiger partial charge in [0.15, 0.2) is 0 Å². The second-order valence-electron chi connectivity index (χ2n) is 5.62. The Bertz CT molecular complexity index is 447.